The highest BCUT2D eigenvalue weighted by Crippen LogP contribution is 2.41. The molecule has 7 heterocycles. The first-order chi connectivity index (χ1) is 24.3. The molecule has 256 valence electrons. The van der Waals surface area contributed by atoms with Gasteiger partial charge in [-0.15, -0.1) is 22.7 Å². The van der Waals surface area contributed by atoms with Crippen molar-refractivity contribution in [2.24, 2.45) is 0 Å². The molecule has 8 rings (SSSR count). The number of benzene rings is 1. The average Bonchev–Trinajstić information content (AvgIpc) is 3.92. The summed E-state index contributed by atoms with van der Waals surface area (Å²) in [7, 11) is 0. The van der Waals surface area contributed by atoms with Crippen molar-refractivity contribution in [3.63, 3.8) is 0 Å². The molecule has 1 amide bonds. The van der Waals surface area contributed by atoms with Crippen LogP contribution in [0.15, 0.2) is 53.2 Å². The fraction of sp³-hybridized carbons (Fsp3) is 0.371. The number of alkyl halides is 1. The second-order valence-electron chi connectivity index (χ2n) is 12.8. The van der Waals surface area contributed by atoms with Crippen LogP contribution in [0.2, 0.25) is 0 Å². The van der Waals surface area contributed by atoms with E-state index in [4.69, 9.17) is 9.72 Å². The third kappa shape index (κ3) is 5.84. The number of rotatable bonds is 8. The van der Waals surface area contributed by atoms with Crippen LogP contribution in [0.3, 0.4) is 0 Å². The van der Waals surface area contributed by atoms with E-state index in [9.17, 15) is 14.4 Å². The van der Waals surface area contributed by atoms with Gasteiger partial charge in [0.25, 0.3) is 5.91 Å². The molecule has 2 unspecified atom stereocenters. The van der Waals surface area contributed by atoms with Crippen molar-refractivity contribution >= 4 is 61.5 Å². The Kier molecular flexibility index (Phi) is 8.62. The summed E-state index contributed by atoms with van der Waals surface area (Å²) in [6, 6.07) is 9.07. The fourth-order valence-corrected chi connectivity index (χ4v) is 9.03. The van der Waals surface area contributed by atoms with Crippen molar-refractivity contribution in [2.45, 2.75) is 43.4 Å². The maximum Gasteiger partial charge on any atom is 0.319 e. The molecule has 0 bridgehead atoms. The topological polar surface area (TPSA) is 111 Å². The Balaban J connectivity index is 1.16. The number of fused-ring (bicyclic) bond motifs is 3. The number of thiophene rings is 1. The first-order valence-corrected chi connectivity index (χ1v) is 18.1. The third-order valence-electron chi connectivity index (χ3n) is 9.89. The Morgan fingerprint density at radius 1 is 1.14 bits per heavy atom. The number of hydrogen-bond acceptors (Lipinski definition) is 11. The summed E-state index contributed by atoms with van der Waals surface area (Å²) in [5, 5.41) is 14.8. The van der Waals surface area contributed by atoms with Crippen LogP contribution in [0.5, 0.6) is 6.01 Å². The van der Waals surface area contributed by atoms with E-state index in [-0.39, 0.29) is 49.9 Å². The SMILES string of the molecule is N#CCC1CN(c2nc(OC[C@@]34CCCN3CC(F)C4)nc3c(F)c(-c4csc5ccccc45)ncc23)CCN1C(=O)/C(F)=C/c1nccs1. The van der Waals surface area contributed by atoms with Gasteiger partial charge in [0.2, 0.25) is 0 Å². The molecular weight excluding hydrogens is 686 g/mol. The zero-order valence-electron chi connectivity index (χ0n) is 26.8. The van der Waals surface area contributed by atoms with Gasteiger partial charge in [0.05, 0.1) is 29.5 Å². The van der Waals surface area contributed by atoms with Gasteiger partial charge in [0.1, 0.15) is 34.8 Å². The van der Waals surface area contributed by atoms with Crippen molar-refractivity contribution in [2.75, 3.05) is 44.2 Å². The van der Waals surface area contributed by atoms with E-state index in [1.54, 1.807) is 5.38 Å². The van der Waals surface area contributed by atoms with Gasteiger partial charge in [-0.1, -0.05) is 18.2 Å². The molecular formula is C35H31F3N8O2S2. The van der Waals surface area contributed by atoms with Crippen molar-refractivity contribution in [1.82, 2.24) is 29.7 Å². The monoisotopic (exact) mass is 716 g/mol. The number of carbonyl (C=O) groups is 1. The largest absolute Gasteiger partial charge is 0.461 e. The minimum Gasteiger partial charge on any atom is -0.461 e. The number of ether oxygens (including phenoxy) is 1. The van der Waals surface area contributed by atoms with Crippen LogP contribution >= 0.6 is 22.7 Å². The van der Waals surface area contributed by atoms with E-state index in [0.717, 1.165) is 35.5 Å². The van der Waals surface area contributed by atoms with Crippen LogP contribution in [-0.2, 0) is 4.79 Å². The zero-order chi connectivity index (χ0) is 34.4. The van der Waals surface area contributed by atoms with E-state index >= 15 is 8.78 Å². The molecule has 0 N–H and O–H groups in total. The van der Waals surface area contributed by atoms with Crippen molar-refractivity contribution in [1.29, 1.82) is 5.26 Å². The number of piperazine rings is 1. The highest BCUT2D eigenvalue weighted by molar-refractivity contribution is 7.17. The van der Waals surface area contributed by atoms with E-state index in [1.807, 2.05) is 34.5 Å². The van der Waals surface area contributed by atoms with E-state index in [0.29, 0.717) is 34.7 Å². The highest BCUT2D eigenvalue weighted by Gasteiger charge is 2.49. The number of nitriles is 1. The molecule has 0 spiro atoms. The summed E-state index contributed by atoms with van der Waals surface area (Å²) in [5.41, 5.74) is 0.313. The molecule has 10 nitrogen and oxygen atoms in total. The molecule has 3 aliphatic heterocycles. The van der Waals surface area contributed by atoms with Gasteiger partial charge in [-0.2, -0.15) is 15.2 Å². The highest BCUT2D eigenvalue weighted by atomic mass is 32.1. The molecule has 0 radical (unpaired) electrons. The number of anilines is 1. The molecule has 3 saturated heterocycles. The minimum atomic E-state index is -0.970. The number of halogens is 3. The lowest BCUT2D eigenvalue weighted by atomic mass is 9.95. The molecule has 1 aromatic carbocycles. The molecule has 5 aromatic rings. The Labute approximate surface area is 293 Å². The lowest BCUT2D eigenvalue weighted by Gasteiger charge is -2.41. The van der Waals surface area contributed by atoms with E-state index in [1.165, 1.54) is 40.0 Å². The van der Waals surface area contributed by atoms with Gasteiger partial charge in [-0.3, -0.25) is 14.7 Å². The Hall–Kier alpha value is -4.65. The molecule has 0 saturated carbocycles. The lowest BCUT2D eigenvalue weighted by molar-refractivity contribution is -0.131. The Morgan fingerprint density at radius 2 is 2.02 bits per heavy atom. The first kappa shape index (κ1) is 32.5. The summed E-state index contributed by atoms with van der Waals surface area (Å²) in [4.78, 5) is 36.4. The molecule has 3 aliphatic rings. The molecule has 15 heteroatoms. The van der Waals surface area contributed by atoms with E-state index in [2.05, 4.69) is 25.9 Å². The molecule has 3 atom stereocenters. The number of amides is 1. The van der Waals surface area contributed by atoms with Crippen LogP contribution < -0.4 is 9.64 Å². The van der Waals surface area contributed by atoms with Crippen LogP contribution in [0.4, 0.5) is 19.0 Å². The fourth-order valence-electron chi connectivity index (χ4n) is 7.53. The predicted octanol–water partition coefficient (Wildman–Crippen LogP) is 6.40. The Bertz CT molecular complexity index is 2150. The summed E-state index contributed by atoms with van der Waals surface area (Å²) < 4.78 is 53.5. The van der Waals surface area contributed by atoms with Crippen LogP contribution in [0, 0.1) is 17.1 Å². The smallest absolute Gasteiger partial charge is 0.319 e. The number of aromatic nitrogens is 4. The first-order valence-electron chi connectivity index (χ1n) is 16.4. The summed E-state index contributed by atoms with van der Waals surface area (Å²) in [6.45, 7) is 1.70. The van der Waals surface area contributed by atoms with Crippen LogP contribution in [-0.4, -0.2) is 92.7 Å². The summed E-state index contributed by atoms with van der Waals surface area (Å²) in [6.07, 6.45) is 5.19. The van der Waals surface area contributed by atoms with Crippen LogP contribution in [0.1, 0.15) is 30.7 Å². The summed E-state index contributed by atoms with van der Waals surface area (Å²) >= 11 is 2.70. The molecule has 0 aliphatic carbocycles. The average molecular weight is 717 g/mol. The quantitative estimate of drug-likeness (QED) is 0.169. The predicted molar refractivity (Wildman–Crippen MR) is 186 cm³/mol. The zero-order valence-corrected chi connectivity index (χ0v) is 28.4. The number of nitrogens with zero attached hydrogens (tertiary/aromatic N) is 8. The maximum atomic E-state index is 16.7. The van der Waals surface area contributed by atoms with Crippen LogP contribution in [0.25, 0.3) is 38.3 Å². The normalized spacial score (nSPS) is 22.7. The second kappa shape index (κ2) is 13.2. The number of pyridine rings is 1. The molecule has 50 heavy (non-hydrogen) atoms. The van der Waals surface area contributed by atoms with Crippen molar-refractivity contribution in [3.05, 3.63) is 64.1 Å². The van der Waals surface area contributed by atoms with Crippen molar-refractivity contribution in [3.8, 4) is 23.3 Å². The second-order valence-corrected chi connectivity index (χ2v) is 14.7. The van der Waals surface area contributed by atoms with Gasteiger partial charge in [0.15, 0.2) is 11.6 Å². The van der Waals surface area contributed by atoms with Gasteiger partial charge in [-0.25, -0.2) is 18.2 Å². The van der Waals surface area contributed by atoms with Gasteiger partial charge < -0.3 is 14.5 Å². The Morgan fingerprint density at radius 3 is 2.86 bits per heavy atom. The maximum absolute atomic E-state index is 16.7. The van der Waals surface area contributed by atoms with E-state index < -0.39 is 35.3 Å². The lowest BCUT2D eigenvalue weighted by Crippen LogP contribution is -2.55. The van der Waals surface area contributed by atoms with Gasteiger partial charge in [-0.05, 0) is 25.5 Å². The standard InChI is InChI=1S/C35H31F3N8O2S2/c36-21-15-35(7-3-10-45(35)17-21)20-48-34-42-31-24(16-41-30(29(31)38)25-19-50-27-5-2-1-4-23(25)27)32(43-34)44-11-12-46(22(18-44)6-8-39)33(47)26(37)14-28-40-9-13-49-28/h1-2,4-5,9,13-14,16,19,21-22H,3,6-7,10-12,15,17-18,20H2/b26-14-/t21?,22?,35-/m0/s1. The number of thiazole rings is 1. The molecule has 4 aromatic heterocycles. The van der Waals surface area contributed by atoms with Gasteiger partial charge >= 0.3 is 6.01 Å². The molecule has 3 fully saturated rings. The van der Waals surface area contributed by atoms with Gasteiger partial charge in [0, 0.05) is 77.5 Å². The number of carbonyl (C=O) groups excluding carboxylic acids is 1. The summed E-state index contributed by atoms with van der Waals surface area (Å²) in [5.74, 6) is -2.12. The third-order valence-corrected chi connectivity index (χ3v) is 11.6. The van der Waals surface area contributed by atoms with Crippen molar-refractivity contribution < 1.29 is 22.7 Å². The minimum absolute atomic E-state index is 0.00798. The number of hydrogen-bond donors (Lipinski definition) is 0.